The predicted octanol–water partition coefficient (Wildman–Crippen LogP) is 4.80. The van der Waals surface area contributed by atoms with Crippen LogP contribution in [-0.2, 0) is 13.1 Å². The van der Waals surface area contributed by atoms with E-state index in [9.17, 15) is 9.18 Å². The summed E-state index contributed by atoms with van der Waals surface area (Å²) in [4.78, 5) is 17.2. The molecule has 1 amide bonds. The van der Waals surface area contributed by atoms with E-state index in [0.717, 1.165) is 48.8 Å². The van der Waals surface area contributed by atoms with E-state index >= 15 is 0 Å². The third-order valence-electron chi connectivity index (χ3n) is 6.65. The molecule has 2 aromatic rings. The van der Waals surface area contributed by atoms with Crippen molar-refractivity contribution in [3.8, 4) is 5.75 Å². The Hall–Kier alpha value is -2.11. The van der Waals surface area contributed by atoms with E-state index in [1.165, 1.54) is 31.4 Å². The van der Waals surface area contributed by atoms with Gasteiger partial charge < -0.3 is 14.5 Å². The summed E-state index contributed by atoms with van der Waals surface area (Å²) in [7, 11) is 0. The van der Waals surface area contributed by atoms with Gasteiger partial charge in [0.05, 0.1) is 0 Å². The van der Waals surface area contributed by atoms with Gasteiger partial charge in [0, 0.05) is 37.8 Å². The van der Waals surface area contributed by atoms with Gasteiger partial charge in [-0.3, -0.25) is 4.79 Å². The first-order chi connectivity index (χ1) is 14.2. The lowest BCUT2D eigenvalue weighted by atomic mass is 9.90. The molecule has 2 heterocycles. The number of nitrogens with zero attached hydrogens (tertiary/aromatic N) is 2. The van der Waals surface area contributed by atoms with Crippen molar-refractivity contribution >= 4 is 18.3 Å². The van der Waals surface area contributed by atoms with Crippen LogP contribution in [0.3, 0.4) is 0 Å². The fraction of sp³-hybridized carbons (Fsp3) is 0.458. The van der Waals surface area contributed by atoms with E-state index in [1.54, 1.807) is 11.0 Å². The van der Waals surface area contributed by atoms with Gasteiger partial charge in [0.2, 0.25) is 0 Å². The van der Waals surface area contributed by atoms with Crippen molar-refractivity contribution in [2.75, 3.05) is 13.1 Å². The molecule has 2 aromatic carbocycles. The summed E-state index contributed by atoms with van der Waals surface area (Å²) < 4.78 is 19.6. The molecule has 0 radical (unpaired) electrons. The first-order valence-corrected chi connectivity index (χ1v) is 10.7. The lowest BCUT2D eigenvalue weighted by molar-refractivity contribution is 0.0493. The molecule has 160 valence electrons. The summed E-state index contributed by atoms with van der Waals surface area (Å²) in [5, 5.41) is 0. The van der Waals surface area contributed by atoms with Gasteiger partial charge in [-0.1, -0.05) is 12.5 Å². The van der Waals surface area contributed by atoms with Gasteiger partial charge in [-0.25, -0.2) is 4.39 Å². The number of halogens is 2. The van der Waals surface area contributed by atoms with Crippen molar-refractivity contribution in [2.24, 2.45) is 0 Å². The Kier molecular flexibility index (Phi) is 6.30. The van der Waals surface area contributed by atoms with Crippen LogP contribution in [0.2, 0.25) is 0 Å². The summed E-state index contributed by atoms with van der Waals surface area (Å²) in [5.41, 5.74) is 2.56. The molecule has 0 aromatic heterocycles. The molecule has 0 N–H and O–H groups in total. The predicted molar refractivity (Wildman–Crippen MR) is 117 cm³/mol. The Morgan fingerprint density at radius 1 is 0.933 bits per heavy atom. The molecule has 2 fully saturated rings. The molecule has 3 aliphatic rings. The minimum atomic E-state index is -0.252. The number of likely N-dealkylation sites (tertiary alicyclic amines) is 1. The second-order valence-corrected chi connectivity index (χ2v) is 8.54. The Morgan fingerprint density at radius 3 is 2.30 bits per heavy atom. The maximum Gasteiger partial charge on any atom is 0.254 e. The Labute approximate surface area is 183 Å². The number of fused-ring (bicyclic) bond motifs is 1. The smallest absolute Gasteiger partial charge is 0.254 e. The van der Waals surface area contributed by atoms with Crippen LogP contribution in [0.4, 0.5) is 4.39 Å². The van der Waals surface area contributed by atoms with Crippen LogP contribution in [0.5, 0.6) is 5.75 Å². The monoisotopic (exact) mass is 430 g/mol. The number of carbonyl (C=O) groups is 1. The average Bonchev–Trinajstić information content (AvgIpc) is 3.11. The van der Waals surface area contributed by atoms with E-state index in [4.69, 9.17) is 4.74 Å². The number of hydrogen-bond donors (Lipinski definition) is 0. The Balaban J connectivity index is 0.00000218. The molecule has 1 saturated heterocycles. The number of amides is 1. The molecule has 30 heavy (non-hydrogen) atoms. The van der Waals surface area contributed by atoms with E-state index in [2.05, 4.69) is 4.90 Å². The van der Waals surface area contributed by atoms with Gasteiger partial charge in [0.15, 0.2) is 0 Å². The summed E-state index contributed by atoms with van der Waals surface area (Å²) in [6.45, 7) is 3.25. The normalized spacial score (nSPS) is 19.7. The molecule has 0 atom stereocenters. The summed E-state index contributed by atoms with van der Waals surface area (Å²) >= 11 is 0. The van der Waals surface area contributed by atoms with Crippen LogP contribution in [-0.4, -0.2) is 40.9 Å². The minimum absolute atomic E-state index is 0. The average molecular weight is 431 g/mol. The Bertz CT molecular complexity index is 893. The first-order valence-electron chi connectivity index (χ1n) is 10.7. The van der Waals surface area contributed by atoms with Gasteiger partial charge in [-0.05, 0) is 73.2 Å². The van der Waals surface area contributed by atoms with Crippen LogP contribution in [0, 0.1) is 5.82 Å². The standard InChI is InChI=1S/C24H27FN2O2.ClH/c25-20-7-4-18-15-27(16-19(18)14-20)24(28)17-5-8-22(9-6-17)29-23-10-12-26(13-11-23)21-2-1-3-21;/h4-9,14,21,23H,1-3,10-13,15-16H2;1H. The van der Waals surface area contributed by atoms with E-state index in [0.29, 0.717) is 18.7 Å². The topological polar surface area (TPSA) is 32.8 Å². The van der Waals surface area contributed by atoms with Crippen molar-refractivity contribution < 1.29 is 13.9 Å². The van der Waals surface area contributed by atoms with Gasteiger partial charge in [-0.2, -0.15) is 0 Å². The molecule has 0 spiro atoms. The third kappa shape index (κ3) is 4.33. The summed E-state index contributed by atoms with van der Waals surface area (Å²) in [6, 6.07) is 13.0. The highest BCUT2D eigenvalue weighted by molar-refractivity contribution is 5.94. The number of benzene rings is 2. The van der Waals surface area contributed by atoms with E-state index in [-0.39, 0.29) is 30.2 Å². The second-order valence-electron chi connectivity index (χ2n) is 8.54. The van der Waals surface area contributed by atoms with Crippen LogP contribution in [0.1, 0.15) is 53.6 Å². The maximum atomic E-state index is 13.4. The first kappa shape index (κ1) is 21.1. The molecule has 0 bridgehead atoms. The highest BCUT2D eigenvalue weighted by atomic mass is 35.5. The fourth-order valence-electron chi connectivity index (χ4n) is 4.67. The maximum absolute atomic E-state index is 13.4. The SMILES string of the molecule is Cl.O=C(c1ccc(OC2CCN(C3CCC3)CC2)cc1)N1Cc2ccc(F)cc2C1. The third-order valence-corrected chi connectivity index (χ3v) is 6.65. The van der Waals surface area contributed by atoms with Crippen LogP contribution in [0.15, 0.2) is 42.5 Å². The zero-order chi connectivity index (χ0) is 19.8. The largest absolute Gasteiger partial charge is 0.490 e. The van der Waals surface area contributed by atoms with E-state index < -0.39 is 0 Å². The second kappa shape index (κ2) is 8.94. The molecular weight excluding hydrogens is 403 g/mol. The quantitative estimate of drug-likeness (QED) is 0.698. The zero-order valence-electron chi connectivity index (χ0n) is 17.1. The lowest BCUT2D eigenvalue weighted by Crippen LogP contribution is -2.46. The summed E-state index contributed by atoms with van der Waals surface area (Å²) in [6.07, 6.45) is 6.50. The molecular formula is C24H28ClFN2O2. The number of ether oxygens (including phenoxy) is 1. The van der Waals surface area contributed by atoms with Crippen LogP contribution < -0.4 is 4.74 Å². The number of piperidine rings is 1. The molecule has 2 aliphatic heterocycles. The molecule has 1 saturated carbocycles. The van der Waals surface area contributed by atoms with Crippen LogP contribution in [0.25, 0.3) is 0 Å². The van der Waals surface area contributed by atoms with Gasteiger partial charge in [-0.15, -0.1) is 12.4 Å². The van der Waals surface area contributed by atoms with Crippen molar-refractivity contribution in [3.05, 3.63) is 65.0 Å². The minimum Gasteiger partial charge on any atom is -0.490 e. The van der Waals surface area contributed by atoms with Crippen molar-refractivity contribution in [2.45, 2.75) is 57.3 Å². The van der Waals surface area contributed by atoms with Crippen molar-refractivity contribution in [3.63, 3.8) is 0 Å². The lowest BCUT2D eigenvalue weighted by Gasteiger charge is -2.41. The van der Waals surface area contributed by atoms with Gasteiger partial charge in [0.25, 0.3) is 5.91 Å². The number of hydrogen-bond acceptors (Lipinski definition) is 3. The van der Waals surface area contributed by atoms with Crippen molar-refractivity contribution in [1.29, 1.82) is 0 Å². The number of rotatable bonds is 4. The van der Waals surface area contributed by atoms with E-state index in [1.807, 2.05) is 24.3 Å². The molecule has 4 nitrogen and oxygen atoms in total. The molecule has 1 aliphatic carbocycles. The molecule has 5 rings (SSSR count). The molecule has 6 heteroatoms. The van der Waals surface area contributed by atoms with Gasteiger partial charge >= 0.3 is 0 Å². The Morgan fingerprint density at radius 2 is 1.63 bits per heavy atom. The zero-order valence-corrected chi connectivity index (χ0v) is 17.9. The fourth-order valence-corrected chi connectivity index (χ4v) is 4.67. The van der Waals surface area contributed by atoms with Gasteiger partial charge in [0.1, 0.15) is 17.7 Å². The van der Waals surface area contributed by atoms with Crippen molar-refractivity contribution in [1.82, 2.24) is 9.80 Å². The van der Waals surface area contributed by atoms with Crippen LogP contribution >= 0.6 is 12.4 Å². The highest BCUT2D eigenvalue weighted by Crippen LogP contribution is 2.29. The number of carbonyl (C=O) groups excluding carboxylic acids is 1. The summed E-state index contributed by atoms with van der Waals surface area (Å²) in [5.74, 6) is 0.551. The highest BCUT2D eigenvalue weighted by Gasteiger charge is 2.29. The molecule has 0 unspecified atom stereocenters.